The van der Waals surface area contributed by atoms with Gasteiger partial charge in [0.1, 0.15) is 0 Å². The highest BCUT2D eigenvalue weighted by molar-refractivity contribution is 5.27. The highest BCUT2D eigenvalue weighted by atomic mass is 19.1. The number of rotatable bonds is 2. The standard InChI is InChI=1S/C10H7FN2O2/c11-7-3-1-2-4-8(7)15-10-9(14)12-5-6-13-10/h1-6H,(H,12,14). The molecule has 2 aromatic rings. The number of benzene rings is 1. The van der Waals surface area contributed by atoms with Crippen LogP contribution in [0.5, 0.6) is 11.6 Å². The van der Waals surface area contributed by atoms with Crippen molar-refractivity contribution in [3.8, 4) is 11.6 Å². The van der Waals surface area contributed by atoms with Crippen molar-refractivity contribution >= 4 is 0 Å². The van der Waals surface area contributed by atoms with E-state index in [1.165, 1.54) is 30.6 Å². The molecule has 0 amide bonds. The first-order valence-electron chi connectivity index (χ1n) is 4.23. The Bertz CT molecular complexity index is 525. The minimum absolute atomic E-state index is 0.0262. The average Bonchev–Trinajstić information content (AvgIpc) is 2.24. The summed E-state index contributed by atoms with van der Waals surface area (Å²) in [5.41, 5.74) is -0.499. The molecule has 4 nitrogen and oxygen atoms in total. The van der Waals surface area contributed by atoms with Gasteiger partial charge in [-0.1, -0.05) is 12.1 Å². The smallest absolute Gasteiger partial charge is 0.311 e. The van der Waals surface area contributed by atoms with Crippen LogP contribution in [0.3, 0.4) is 0 Å². The second-order valence-electron chi connectivity index (χ2n) is 2.76. The number of para-hydroxylation sites is 1. The molecular weight excluding hydrogens is 199 g/mol. The lowest BCUT2D eigenvalue weighted by atomic mass is 10.3. The summed E-state index contributed by atoms with van der Waals surface area (Å²) in [6.45, 7) is 0. The SMILES string of the molecule is O=c1[nH]ccnc1Oc1ccccc1F. The predicted octanol–water partition coefficient (Wildman–Crippen LogP) is 1.70. The van der Waals surface area contributed by atoms with Crippen molar-refractivity contribution in [3.05, 3.63) is 52.8 Å². The number of nitrogens with zero attached hydrogens (tertiary/aromatic N) is 1. The summed E-state index contributed by atoms with van der Waals surface area (Å²) < 4.78 is 18.2. The van der Waals surface area contributed by atoms with Crippen LogP contribution < -0.4 is 10.3 Å². The molecule has 0 aliphatic carbocycles. The maximum atomic E-state index is 13.1. The topological polar surface area (TPSA) is 55.0 Å². The second kappa shape index (κ2) is 3.91. The Hall–Kier alpha value is -2.17. The zero-order valence-corrected chi connectivity index (χ0v) is 7.61. The Balaban J connectivity index is 2.34. The van der Waals surface area contributed by atoms with Gasteiger partial charge in [0.05, 0.1) is 0 Å². The Labute approximate surface area is 84.4 Å². The Morgan fingerprint density at radius 2 is 2.13 bits per heavy atom. The van der Waals surface area contributed by atoms with Gasteiger partial charge in [0.25, 0.3) is 5.88 Å². The van der Waals surface area contributed by atoms with Gasteiger partial charge < -0.3 is 9.72 Å². The fraction of sp³-hybridized carbons (Fsp3) is 0. The van der Waals surface area contributed by atoms with Gasteiger partial charge in [-0.2, -0.15) is 0 Å². The molecule has 0 bridgehead atoms. The van der Waals surface area contributed by atoms with Gasteiger partial charge in [-0.25, -0.2) is 9.37 Å². The number of nitrogens with one attached hydrogen (secondary N) is 1. The van der Waals surface area contributed by atoms with Gasteiger partial charge in [-0.15, -0.1) is 0 Å². The van der Waals surface area contributed by atoms with Crippen LogP contribution in [-0.2, 0) is 0 Å². The lowest BCUT2D eigenvalue weighted by Crippen LogP contribution is -2.09. The van der Waals surface area contributed by atoms with Crippen LogP contribution in [0, 0.1) is 5.82 Å². The third-order valence-electron chi connectivity index (χ3n) is 1.72. The largest absolute Gasteiger partial charge is 0.432 e. The van der Waals surface area contributed by atoms with E-state index in [2.05, 4.69) is 9.97 Å². The molecule has 15 heavy (non-hydrogen) atoms. The summed E-state index contributed by atoms with van der Waals surface area (Å²) in [6, 6.07) is 5.80. The van der Waals surface area contributed by atoms with Gasteiger partial charge in [-0.05, 0) is 12.1 Å². The van der Waals surface area contributed by atoms with Crippen molar-refractivity contribution in [1.82, 2.24) is 9.97 Å². The van der Waals surface area contributed by atoms with Gasteiger partial charge >= 0.3 is 5.56 Å². The number of aromatic amines is 1. The minimum atomic E-state index is -0.539. The highest BCUT2D eigenvalue weighted by Crippen LogP contribution is 2.19. The van der Waals surface area contributed by atoms with Crippen LogP contribution in [0.2, 0.25) is 0 Å². The first kappa shape index (κ1) is 9.39. The van der Waals surface area contributed by atoms with E-state index in [-0.39, 0.29) is 11.6 Å². The maximum absolute atomic E-state index is 13.1. The number of H-pyrrole nitrogens is 1. The zero-order chi connectivity index (χ0) is 10.7. The number of hydrogen-bond donors (Lipinski definition) is 1. The predicted molar refractivity (Wildman–Crippen MR) is 51.3 cm³/mol. The Morgan fingerprint density at radius 3 is 2.87 bits per heavy atom. The number of hydrogen-bond acceptors (Lipinski definition) is 3. The molecule has 0 aliphatic rings. The number of aromatic nitrogens is 2. The van der Waals surface area contributed by atoms with Crippen LogP contribution in [0.1, 0.15) is 0 Å². The van der Waals surface area contributed by atoms with Crippen molar-refractivity contribution in [1.29, 1.82) is 0 Å². The molecule has 1 N–H and O–H groups in total. The zero-order valence-electron chi connectivity index (χ0n) is 7.61. The summed E-state index contributed by atoms with van der Waals surface area (Å²) in [6.07, 6.45) is 2.73. The van der Waals surface area contributed by atoms with Crippen molar-refractivity contribution in [2.45, 2.75) is 0 Å². The molecule has 1 aromatic carbocycles. The lowest BCUT2D eigenvalue weighted by Gasteiger charge is -2.03. The molecule has 0 radical (unpaired) electrons. The highest BCUT2D eigenvalue weighted by Gasteiger charge is 2.06. The lowest BCUT2D eigenvalue weighted by molar-refractivity contribution is 0.421. The van der Waals surface area contributed by atoms with Crippen LogP contribution in [0.15, 0.2) is 41.5 Å². The molecule has 0 saturated heterocycles. The average molecular weight is 206 g/mol. The first-order valence-corrected chi connectivity index (χ1v) is 4.23. The fourth-order valence-corrected chi connectivity index (χ4v) is 1.04. The number of ether oxygens (including phenoxy) is 1. The molecule has 5 heteroatoms. The molecule has 1 heterocycles. The van der Waals surface area contributed by atoms with Gasteiger partial charge in [0.15, 0.2) is 11.6 Å². The van der Waals surface area contributed by atoms with Crippen LogP contribution in [0.4, 0.5) is 4.39 Å². The van der Waals surface area contributed by atoms with Gasteiger partial charge in [0.2, 0.25) is 0 Å². The number of halogens is 1. The van der Waals surface area contributed by atoms with E-state index in [0.29, 0.717) is 0 Å². The molecule has 1 aromatic heterocycles. The summed E-state index contributed by atoms with van der Waals surface area (Å²) in [7, 11) is 0. The Morgan fingerprint density at radius 1 is 1.33 bits per heavy atom. The van der Waals surface area contributed by atoms with E-state index in [1.807, 2.05) is 0 Å². The summed E-state index contributed by atoms with van der Waals surface area (Å²) in [4.78, 5) is 17.2. The maximum Gasteiger partial charge on any atom is 0.311 e. The first-order chi connectivity index (χ1) is 7.27. The third-order valence-corrected chi connectivity index (χ3v) is 1.72. The van der Waals surface area contributed by atoms with E-state index in [1.54, 1.807) is 6.07 Å². The monoisotopic (exact) mass is 206 g/mol. The van der Waals surface area contributed by atoms with E-state index in [4.69, 9.17) is 4.74 Å². The van der Waals surface area contributed by atoms with E-state index < -0.39 is 11.4 Å². The molecule has 76 valence electrons. The van der Waals surface area contributed by atoms with Crippen LogP contribution >= 0.6 is 0 Å². The third kappa shape index (κ3) is 2.01. The molecule has 0 unspecified atom stereocenters. The second-order valence-corrected chi connectivity index (χ2v) is 2.76. The Kier molecular flexibility index (Phi) is 2.45. The van der Waals surface area contributed by atoms with Crippen molar-refractivity contribution in [2.24, 2.45) is 0 Å². The van der Waals surface area contributed by atoms with Crippen molar-refractivity contribution < 1.29 is 9.13 Å². The van der Waals surface area contributed by atoms with E-state index >= 15 is 0 Å². The molecule has 0 fully saturated rings. The summed E-state index contributed by atoms with van der Waals surface area (Å²) in [5, 5.41) is 0. The molecule has 0 atom stereocenters. The molecule has 0 saturated carbocycles. The quantitative estimate of drug-likeness (QED) is 0.813. The van der Waals surface area contributed by atoms with E-state index in [9.17, 15) is 9.18 Å². The van der Waals surface area contributed by atoms with Gasteiger partial charge in [0, 0.05) is 12.4 Å². The molecule has 0 spiro atoms. The van der Waals surface area contributed by atoms with Crippen LogP contribution in [-0.4, -0.2) is 9.97 Å². The fourth-order valence-electron chi connectivity index (χ4n) is 1.04. The van der Waals surface area contributed by atoms with Gasteiger partial charge in [-0.3, -0.25) is 4.79 Å². The molecule has 2 rings (SSSR count). The minimum Gasteiger partial charge on any atom is -0.432 e. The molecule has 0 aliphatic heterocycles. The van der Waals surface area contributed by atoms with E-state index in [0.717, 1.165) is 0 Å². The van der Waals surface area contributed by atoms with Crippen molar-refractivity contribution in [2.75, 3.05) is 0 Å². The van der Waals surface area contributed by atoms with Crippen LogP contribution in [0.25, 0.3) is 0 Å². The van der Waals surface area contributed by atoms with Crippen molar-refractivity contribution in [3.63, 3.8) is 0 Å². The summed E-state index contributed by atoms with van der Waals surface area (Å²) >= 11 is 0. The molecular formula is C10H7FN2O2. The normalized spacial score (nSPS) is 9.93. The summed E-state index contributed by atoms with van der Waals surface area (Å²) in [5.74, 6) is -0.744.